The standard InChI is InChI=1S/C29H30N4O7/c1-31-12-32-15-6-4-13(5-7-15)16-8-9-19(34)21-17(16)10-14-11-18-23(33(2)3)25(36)22(28(30)39)27(38)29(18,40)26(37)20(14)24(21)35/h4-9,12,14,18,23,34-35,38,40H,10-11H2,1-3H3,(H2,30,39)(H,31,32)/t14-,18-,23-,29-/m1/s1. The van der Waals surface area contributed by atoms with Gasteiger partial charge in [0.1, 0.15) is 22.8 Å². The first kappa shape index (κ1) is 27.1. The van der Waals surface area contributed by atoms with Gasteiger partial charge in [-0.15, -0.1) is 0 Å². The van der Waals surface area contributed by atoms with Crippen molar-refractivity contribution in [2.75, 3.05) is 26.5 Å². The molecule has 0 bridgehead atoms. The zero-order chi connectivity index (χ0) is 29.1. The lowest BCUT2D eigenvalue weighted by Crippen LogP contribution is -2.65. The van der Waals surface area contributed by atoms with E-state index in [0.717, 1.165) is 16.8 Å². The van der Waals surface area contributed by atoms with Gasteiger partial charge in [0.05, 0.1) is 17.9 Å². The number of rotatable bonds is 5. The molecule has 11 nitrogen and oxygen atoms in total. The number of likely N-dealkylation sites (N-methyl/N-ethyl adjacent to an activating group) is 1. The molecule has 40 heavy (non-hydrogen) atoms. The zero-order valence-electron chi connectivity index (χ0n) is 22.2. The second kappa shape index (κ2) is 9.61. The molecule has 0 aromatic heterocycles. The molecule has 2 aromatic rings. The predicted octanol–water partition coefficient (Wildman–Crippen LogP) is 1.70. The molecule has 1 fully saturated rings. The number of anilines is 1. The molecule has 1 saturated carbocycles. The van der Waals surface area contributed by atoms with E-state index in [-0.39, 0.29) is 29.7 Å². The number of nitrogens with two attached hydrogens (primary N) is 1. The number of aliphatic imine (C=N–C) groups is 1. The molecule has 3 aliphatic rings. The van der Waals surface area contributed by atoms with Crippen LogP contribution in [-0.2, 0) is 20.8 Å². The fourth-order valence-corrected chi connectivity index (χ4v) is 6.40. The summed E-state index contributed by atoms with van der Waals surface area (Å²) in [7, 11) is 4.77. The Bertz CT molecular complexity index is 1540. The number of aliphatic hydroxyl groups is 3. The first-order valence-electron chi connectivity index (χ1n) is 12.7. The van der Waals surface area contributed by atoms with Gasteiger partial charge < -0.3 is 31.5 Å². The van der Waals surface area contributed by atoms with E-state index >= 15 is 0 Å². The van der Waals surface area contributed by atoms with Crippen molar-refractivity contribution in [3.8, 4) is 16.9 Å². The van der Waals surface area contributed by atoms with E-state index in [2.05, 4.69) is 10.3 Å². The van der Waals surface area contributed by atoms with E-state index in [1.165, 1.54) is 11.0 Å². The van der Waals surface area contributed by atoms with E-state index < -0.39 is 58.0 Å². The van der Waals surface area contributed by atoms with Crippen molar-refractivity contribution in [3.05, 3.63) is 64.4 Å². The van der Waals surface area contributed by atoms with Crippen molar-refractivity contribution in [3.63, 3.8) is 0 Å². The van der Waals surface area contributed by atoms with Crippen LogP contribution in [0.15, 0.2) is 58.3 Å². The van der Waals surface area contributed by atoms with Crippen LogP contribution in [0.2, 0.25) is 0 Å². The smallest absolute Gasteiger partial charge is 0.255 e. The zero-order valence-corrected chi connectivity index (χ0v) is 22.2. The van der Waals surface area contributed by atoms with Gasteiger partial charge >= 0.3 is 0 Å². The molecular formula is C29H30N4O7. The molecular weight excluding hydrogens is 516 g/mol. The van der Waals surface area contributed by atoms with Crippen molar-refractivity contribution in [2.45, 2.75) is 24.5 Å². The van der Waals surface area contributed by atoms with Crippen LogP contribution in [0.4, 0.5) is 5.69 Å². The second-order valence-corrected chi connectivity index (χ2v) is 10.6. The highest BCUT2D eigenvalue weighted by atomic mass is 16.3. The summed E-state index contributed by atoms with van der Waals surface area (Å²) in [6, 6.07) is 9.45. The summed E-state index contributed by atoms with van der Waals surface area (Å²) < 4.78 is 0. The summed E-state index contributed by atoms with van der Waals surface area (Å²) >= 11 is 0. The number of hydrogen-bond acceptors (Lipinski definition) is 9. The molecule has 2 aromatic carbocycles. The number of nitrogens with one attached hydrogen (secondary N) is 1. The van der Waals surface area contributed by atoms with Gasteiger partial charge in [0.2, 0.25) is 5.78 Å². The normalized spacial score (nSPS) is 26.2. The number of aliphatic hydroxyl groups excluding tert-OH is 2. The van der Waals surface area contributed by atoms with Gasteiger partial charge in [-0.25, -0.2) is 0 Å². The van der Waals surface area contributed by atoms with Crippen LogP contribution < -0.4 is 11.1 Å². The molecule has 5 rings (SSSR count). The van der Waals surface area contributed by atoms with Gasteiger partial charge in [-0.3, -0.25) is 24.3 Å². The Morgan fingerprint density at radius 1 is 1.12 bits per heavy atom. The van der Waals surface area contributed by atoms with Crippen molar-refractivity contribution in [1.29, 1.82) is 0 Å². The maximum Gasteiger partial charge on any atom is 0.255 e. The van der Waals surface area contributed by atoms with Gasteiger partial charge in [-0.05, 0) is 67.7 Å². The number of carbonyl (C=O) groups is 3. The number of ketones is 2. The average molecular weight is 547 g/mol. The maximum absolute atomic E-state index is 13.9. The first-order chi connectivity index (χ1) is 18.9. The molecule has 1 amide bonds. The van der Waals surface area contributed by atoms with Crippen LogP contribution >= 0.6 is 0 Å². The van der Waals surface area contributed by atoms with E-state index in [9.17, 15) is 34.8 Å². The average Bonchev–Trinajstić information content (AvgIpc) is 2.89. The lowest BCUT2D eigenvalue weighted by molar-refractivity contribution is -0.153. The van der Waals surface area contributed by atoms with Crippen molar-refractivity contribution in [2.24, 2.45) is 22.6 Å². The minimum atomic E-state index is -2.66. The fraction of sp³-hybridized carbons (Fsp3) is 0.310. The van der Waals surface area contributed by atoms with Crippen LogP contribution in [0.1, 0.15) is 17.5 Å². The molecule has 4 atom stereocenters. The molecule has 0 heterocycles. The summed E-state index contributed by atoms with van der Waals surface area (Å²) in [6.07, 6.45) is 1.79. The summed E-state index contributed by atoms with van der Waals surface area (Å²) in [5, 5.41) is 47.8. The molecule has 0 radical (unpaired) electrons. The Kier molecular flexibility index (Phi) is 6.51. The minimum Gasteiger partial charge on any atom is -0.508 e. The van der Waals surface area contributed by atoms with Gasteiger partial charge in [0, 0.05) is 24.2 Å². The monoisotopic (exact) mass is 546 g/mol. The predicted molar refractivity (Wildman–Crippen MR) is 148 cm³/mol. The largest absolute Gasteiger partial charge is 0.508 e. The number of aromatic hydroxyl groups is 1. The fourth-order valence-electron chi connectivity index (χ4n) is 6.40. The summed E-state index contributed by atoms with van der Waals surface area (Å²) in [6.45, 7) is 0. The van der Waals surface area contributed by atoms with Crippen molar-refractivity contribution in [1.82, 2.24) is 4.90 Å². The number of amides is 1. The van der Waals surface area contributed by atoms with E-state index in [0.29, 0.717) is 5.56 Å². The Hall–Kier alpha value is -4.48. The van der Waals surface area contributed by atoms with Gasteiger partial charge in [0.25, 0.3) is 5.91 Å². The molecule has 0 saturated heterocycles. The number of hydrogen-bond donors (Lipinski definition) is 6. The topological polar surface area (TPSA) is 186 Å². The Morgan fingerprint density at radius 2 is 1.80 bits per heavy atom. The highest BCUT2D eigenvalue weighted by Crippen LogP contribution is 2.53. The number of primary amides is 1. The molecule has 0 unspecified atom stereocenters. The highest BCUT2D eigenvalue weighted by molar-refractivity contribution is 6.24. The van der Waals surface area contributed by atoms with Crippen molar-refractivity contribution < 1.29 is 34.8 Å². The van der Waals surface area contributed by atoms with Crippen molar-refractivity contribution >= 4 is 35.3 Å². The highest BCUT2D eigenvalue weighted by Gasteiger charge is 2.64. The third-order valence-corrected chi connectivity index (χ3v) is 8.16. The number of benzene rings is 2. The Morgan fingerprint density at radius 3 is 2.40 bits per heavy atom. The summed E-state index contributed by atoms with van der Waals surface area (Å²) in [5.41, 5.74) is 4.66. The quantitative estimate of drug-likeness (QED) is 0.184. The van der Waals surface area contributed by atoms with Gasteiger partial charge in [0.15, 0.2) is 11.4 Å². The molecule has 3 aliphatic carbocycles. The third-order valence-electron chi connectivity index (χ3n) is 8.16. The summed E-state index contributed by atoms with van der Waals surface area (Å²) in [5.74, 6) is -6.76. The second-order valence-electron chi connectivity index (χ2n) is 10.6. The summed E-state index contributed by atoms with van der Waals surface area (Å²) in [4.78, 5) is 44.6. The third kappa shape index (κ3) is 3.81. The molecule has 7 N–H and O–H groups in total. The van der Waals surface area contributed by atoms with Crippen LogP contribution in [0.5, 0.6) is 5.75 Å². The van der Waals surface area contributed by atoms with Crippen LogP contribution in [-0.4, -0.2) is 81.9 Å². The van der Waals surface area contributed by atoms with Crippen LogP contribution in [0.25, 0.3) is 16.9 Å². The number of phenols is 1. The van der Waals surface area contributed by atoms with Gasteiger partial charge in [-0.1, -0.05) is 18.2 Å². The molecule has 0 spiro atoms. The lowest BCUT2D eigenvalue weighted by Gasteiger charge is -2.50. The SMILES string of the molecule is CN=CNc1ccc(-c2ccc(O)c3c2C[C@@H]2C[C@@H]4[C@@H](N(C)C)C(=O)C(C(N)=O)=C(O)[C@]4(O)C(=O)C2=C3O)cc1. The number of fused-ring (bicyclic) bond motifs is 3. The minimum absolute atomic E-state index is 0.0278. The van der Waals surface area contributed by atoms with E-state index in [1.807, 2.05) is 24.3 Å². The number of Topliss-reactive ketones (excluding diaryl/α,β-unsaturated/α-hetero) is 2. The number of phenolic OH excluding ortho intramolecular Hbond substituents is 1. The van der Waals surface area contributed by atoms with E-state index in [4.69, 9.17) is 5.73 Å². The Labute approximate surface area is 230 Å². The number of carbonyl (C=O) groups excluding carboxylic acids is 3. The Balaban J connectivity index is 1.67. The molecule has 0 aliphatic heterocycles. The van der Waals surface area contributed by atoms with Gasteiger partial charge in [-0.2, -0.15) is 0 Å². The molecule has 11 heteroatoms. The van der Waals surface area contributed by atoms with Crippen LogP contribution in [0, 0.1) is 11.8 Å². The first-order valence-corrected chi connectivity index (χ1v) is 12.7. The van der Waals surface area contributed by atoms with E-state index in [1.54, 1.807) is 33.5 Å². The lowest BCUT2D eigenvalue weighted by atomic mass is 9.57. The number of nitrogens with zero attached hydrogens (tertiary/aromatic N) is 2. The maximum atomic E-state index is 13.9. The molecule has 208 valence electrons. The van der Waals surface area contributed by atoms with Crippen LogP contribution in [0.3, 0.4) is 0 Å².